The lowest BCUT2D eigenvalue weighted by Gasteiger charge is -2.01. The summed E-state index contributed by atoms with van der Waals surface area (Å²) >= 11 is 1.47. The maximum atomic E-state index is 13.0. The number of rotatable bonds is 4. The number of aromatic nitrogens is 3. The van der Waals surface area contributed by atoms with Crippen molar-refractivity contribution >= 4 is 33.0 Å². The second kappa shape index (κ2) is 6.85. The largest absolute Gasteiger partial charge is 0.497 e. The number of ether oxygens (including phenoxy) is 1. The second-order valence-corrected chi connectivity index (χ2v) is 7.12. The first-order valence-corrected chi connectivity index (χ1v) is 9.26. The van der Waals surface area contributed by atoms with Gasteiger partial charge in [-0.05, 0) is 50.2 Å². The van der Waals surface area contributed by atoms with Gasteiger partial charge in [0.25, 0.3) is 5.56 Å². The Morgan fingerprint density at radius 3 is 2.63 bits per heavy atom. The number of fused-ring (bicyclic) bond motifs is 1. The Labute approximate surface area is 159 Å². The summed E-state index contributed by atoms with van der Waals surface area (Å²) in [4.78, 5) is 22.1. The SMILES string of the molecule is COc1ccc(N=C(C)c2c(C)[nH]n(-c3nc4ccccc4s3)c2=O)cc1. The molecule has 0 saturated carbocycles. The van der Waals surface area contributed by atoms with E-state index in [1.54, 1.807) is 7.11 Å². The van der Waals surface area contributed by atoms with E-state index in [2.05, 4.69) is 15.1 Å². The summed E-state index contributed by atoms with van der Waals surface area (Å²) in [6.45, 7) is 3.71. The molecule has 0 bridgehead atoms. The van der Waals surface area contributed by atoms with E-state index in [0.717, 1.165) is 27.3 Å². The highest BCUT2D eigenvalue weighted by Gasteiger charge is 2.17. The zero-order valence-corrected chi connectivity index (χ0v) is 16.0. The molecule has 4 aromatic rings. The fraction of sp³-hybridized carbons (Fsp3) is 0.150. The Bertz CT molecular complexity index is 1170. The van der Waals surface area contributed by atoms with Crippen molar-refractivity contribution in [3.8, 4) is 10.9 Å². The number of nitrogens with zero attached hydrogens (tertiary/aromatic N) is 3. The van der Waals surface area contributed by atoms with E-state index in [1.165, 1.54) is 16.0 Å². The number of aromatic amines is 1. The van der Waals surface area contributed by atoms with Crippen molar-refractivity contribution in [2.75, 3.05) is 7.11 Å². The average Bonchev–Trinajstić information content (AvgIpc) is 3.22. The minimum atomic E-state index is -0.152. The van der Waals surface area contributed by atoms with E-state index in [0.29, 0.717) is 16.4 Å². The van der Waals surface area contributed by atoms with Crippen LogP contribution in [-0.2, 0) is 0 Å². The van der Waals surface area contributed by atoms with Crippen molar-refractivity contribution in [2.45, 2.75) is 13.8 Å². The fourth-order valence-corrected chi connectivity index (χ4v) is 3.89. The van der Waals surface area contributed by atoms with Crippen LogP contribution in [0.2, 0.25) is 0 Å². The molecule has 0 spiro atoms. The minimum absolute atomic E-state index is 0.152. The third kappa shape index (κ3) is 3.17. The quantitative estimate of drug-likeness (QED) is 0.540. The zero-order valence-electron chi connectivity index (χ0n) is 15.2. The fourth-order valence-electron chi connectivity index (χ4n) is 2.97. The molecule has 27 heavy (non-hydrogen) atoms. The number of para-hydroxylation sites is 1. The molecule has 0 saturated heterocycles. The van der Waals surface area contributed by atoms with Crippen LogP contribution in [0.5, 0.6) is 5.75 Å². The molecule has 6 nitrogen and oxygen atoms in total. The Morgan fingerprint density at radius 2 is 1.93 bits per heavy atom. The normalized spacial score (nSPS) is 11.9. The van der Waals surface area contributed by atoms with Crippen LogP contribution in [0.4, 0.5) is 5.69 Å². The number of aliphatic imine (C=N–C) groups is 1. The number of thiazole rings is 1. The predicted molar refractivity (Wildman–Crippen MR) is 109 cm³/mol. The first-order chi connectivity index (χ1) is 13.1. The Morgan fingerprint density at radius 1 is 1.19 bits per heavy atom. The highest BCUT2D eigenvalue weighted by atomic mass is 32.1. The van der Waals surface area contributed by atoms with E-state index >= 15 is 0 Å². The number of hydrogen-bond acceptors (Lipinski definition) is 5. The van der Waals surface area contributed by atoms with Crippen LogP contribution in [0.25, 0.3) is 15.3 Å². The van der Waals surface area contributed by atoms with E-state index in [-0.39, 0.29) is 5.56 Å². The third-order valence-corrected chi connectivity index (χ3v) is 5.30. The first kappa shape index (κ1) is 17.2. The van der Waals surface area contributed by atoms with E-state index < -0.39 is 0 Å². The molecule has 0 amide bonds. The first-order valence-electron chi connectivity index (χ1n) is 8.44. The predicted octanol–water partition coefficient (Wildman–Crippen LogP) is 4.23. The number of methoxy groups -OCH3 is 1. The minimum Gasteiger partial charge on any atom is -0.497 e. The summed E-state index contributed by atoms with van der Waals surface area (Å²) in [5.74, 6) is 0.766. The van der Waals surface area contributed by atoms with Gasteiger partial charge >= 0.3 is 0 Å². The van der Waals surface area contributed by atoms with Crippen LogP contribution in [-0.4, -0.2) is 27.6 Å². The second-order valence-electron chi connectivity index (χ2n) is 6.11. The maximum Gasteiger partial charge on any atom is 0.282 e. The molecule has 136 valence electrons. The van der Waals surface area contributed by atoms with Gasteiger partial charge in [-0.1, -0.05) is 23.5 Å². The lowest BCUT2D eigenvalue weighted by atomic mass is 10.2. The summed E-state index contributed by atoms with van der Waals surface area (Å²) in [5.41, 5.74) is 3.46. The van der Waals surface area contributed by atoms with Crippen LogP contribution in [0.1, 0.15) is 18.2 Å². The molecule has 2 aromatic carbocycles. The van der Waals surface area contributed by atoms with E-state index in [9.17, 15) is 4.79 Å². The molecule has 2 aromatic heterocycles. The monoisotopic (exact) mass is 378 g/mol. The Balaban J connectivity index is 1.75. The van der Waals surface area contributed by atoms with Crippen molar-refractivity contribution in [1.29, 1.82) is 0 Å². The van der Waals surface area contributed by atoms with Gasteiger partial charge in [-0.25, -0.2) is 4.98 Å². The summed E-state index contributed by atoms with van der Waals surface area (Å²) in [6, 6.07) is 15.2. The molecule has 7 heteroatoms. The number of hydrogen-bond donors (Lipinski definition) is 1. The lowest BCUT2D eigenvalue weighted by molar-refractivity contribution is 0.415. The van der Waals surface area contributed by atoms with Crippen LogP contribution in [0, 0.1) is 6.92 Å². The topological polar surface area (TPSA) is 72.3 Å². The molecular formula is C20H18N4O2S. The number of benzene rings is 2. The van der Waals surface area contributed by atoms with Crippen molar-refractivity contribution in [2.24, 2.45) is 4.99 Å². The van der Waals surface area contributed by atoms with Crippen LogP contribution < -0.4 is 10.3 Å². The highest BCUT2D eigenvalue weighted by Crippen LogP contribution is 2.24. The molecule has 4 rings (SSSR count). The zero-order chi connectivity index (χ0) is 19.0. The van der Waals surface area contributed by atoms with E-state index in [1.807, 2.05) is 62.4 Å². The Hall–Kier alpha value is -3.19. The summed E-state index contributed by atoms with van der Waals surface area (Å²) in [7, 11) is 1.62. The molecule has 2 heterocycles. The smallest absolute Gasteiger partial charge is 0.282 e. The molecule has 0 atom stereocenters. The molecule has 0 aliphatic rings. The average molecular weight is 378 g/mol. The van der Waals surface area contributed by atoms with Crippen LogP contribution in [0.15, 0.2) is 58.3 Å². The molecule has 0 aliphatic carbocycles. The molecule has 1 N–H and O–H groups in total. The summed E-state index contributed by atoms with van der Waals surface area (Å²) < 4.78 is 7.69. The van der Waals surface area contributed by atoms with E-state index in [4.69, 9.17) is 4.74 Å². The van der Waals surface area contributed by atoms with Gasteiger partial charge in [0.1, 0.15) is 5.75 Å². The van der Waals surface area contributed by atoms with Gasteiger partial charge in [0.2, 0.25) is 5.13 Å². The molecule has 0 unspecified atom stereocenters. The van der Waals surface area contributed by atoms with Gasteiger partial charge in [-0.3, -0.25) is 14.9 Å². The summed E-state index contributed by atoms with van der Waals surface area (Å²) in [6.07, 6.45) is 0. The van der Waals surface area contributed by atoms with Crippen LogP contribution >= 0.6 is 11.3 Å². The number of nitrogens with one attached hydrogen (secondary N) is 1. The van der Waals surface area contributed by atoms with Crippen molar-refractivity contribution in [3.05, 3.63) is 70.1 Å². The van der Waals surface area contributed by atoms with Gasteiger partial charge in [0.15, 0.2) is 0 Å². The van der Waals surface area contributed by atoms with Gasteiger partial charge < -0.3 is 4.74 Å². The molecule has 0 radical (unpaired) electrons. The maximum absolute atomic E-state index is 13.0. The molecule has 0 fully saturated rings. The van der Waals surface area contributed by atoms with Crippen molar-refractivity contribution in [3.63, 3.8) is 0 Å². The standard InChI is InChI=1S/C20H18N4O2S/c1-12(21-14-8-10-15(26-3)11-9-14)18-13(2)23-24(19(18)25)20-22-16-6-4-5-7-17(16)27-20/h4-11,23H,1-3H3. The van der Waals surface area contributed by atoms with Gasteiger partial charge in [-0.15, -0.1) is 0 Å². The third-order valence-electron chi connectivity index (χ3n) is 4.28. The van der Waals surface area contributed by atoms with Crippen molar-refractivity contribution < 1.29 is 4.74 Å². The highest BCUT2D eigenvalue weighted by molar-refractivity contribution is 7.20. The van der Waals surface area contributed by atoms with Gasteiger partial charge in [0, 0.05) is 5.69 Å². The van der Waals surface area contributed by atoms with Crippen LogP contribution in [0.3, 0.4) is 0 Å². The lowest BCUT2D eigenvalue weighted by Crippen LogP contribution is -2.19. The number of H-pyrrole nitrogens is 1. The summed E-state index contributed by atoms with van der Waals surface area (Å²) in [5, 5.41) is 3.74. The van der Waals surface area contributed by atoms with Gasteiger partial charge in [0.05, 0.1) is 34.3 Å². The van der Waals surface area contributed by atoms with Crippen molar-refractivity contribution in [1.82, 2.24) is 14.8 Å². The Kier molecular flexibility index (Phi) is 4.37. The molecule has 0 aliphatic heterocycles. The number of aryl methyl sites for hydroxylation is 1. The van der Waals surface area contributed by atoms with Gasteiger partial charge in [-0.2, -0.15) is 4.68 Å². The molecular weight excluding hydrogens is 360 g/mol.